The number of amides is 1. The molecule has 0 radical (unpaired) electrons. The molecule has 9 nitrogen and oxygen atoms in total. The summed E-state index contributed by atoms with van der Waals surface area (Å²) in [6.07, 6.45) is 2.17. The van der Waals surface area contributed by atoms with Crippen LogP contribution in [0.3, 0.4) is 0 Å². The van der Waals surface area contributed by atoms with Crippen molar-refractivity contribution in [3.8, 4) is 22.8 Å². The quantitative estimate of drug-likeness (QED) is 0.462. The molecular weight excluding hydrogens is 468 g/mol. The van der Waals surface area contributed by atoms with Crippen LogP contribution in [0.2, 0.25) is 0 Å². The first-order valence-electron chi connectivity index (χ1n) is 11.8. The van der Waals surface area contributed by atoms with Gasteiger partial charge in [0.15, 0.2) is 11.5 Å². The van der Waals surface area contributed by atoms with E-state index >= 15 is 0 Å². The van der Waals surface area contributed by atoms with E-state index in [1.807, 2.05) is 25.1 Å². The van der Waals surface area contributed by atoms with Crippen molar-refractivity contribution in [2.24, 2.45) is 5.92 Å². The van der Waals surface area contributed by atoms with E-state index in [1.54, 1.807) is 14.2 Å². The molecule has 35 heavy (non-hydrogen) atoms. The van der Waals surface area contributed by atoms with Gasteiger partial charge in [-0.05, 0) is 37.1 Å². The minimum Gasteiger partial charge on any atom is -0.549 e. The second-order valence-corrected chi connectivity index (χ2v) is 10.1. The molecule has 1 amide bonds. The van der Waals surface area contributed by atoms with Gasteiger partial charge in [0.05, 0.1) is 62.9 Å². The normalized spacial score (nSPS) is 23.1. The first kappa shape index (κ1) is 25.2. The number of nitrogens with one attached hydrogen (secondary N) is 2. The van der Waals surface area contributed by atoms with Crippen LogP contribution in [0.4, 0.5) is 0 Å². The molecule has 4 heterocycles. The molecule has 0 spiro atoms. The number of hydrogen-bond donors (Lipinski definition) is 2. The summed E-state index contributed by atoms with van der Waals surface area (Å²) < 4.78 is 10.8. The predicted octanol–water partition coefficient (Wildman–Crippen LogP) is -0.171. The third-order valence-electron chi connectivity index (χ3n) is 6.97. The van der Waals surface area contributed by atoms with Crippen molar-refractivity contribution in [2.75, 3.05) is 45.4 Å². The Kier molecular flexibility index (Phi) is 8.12. The summed E-state index contributed by atoms with van der Waals surface area (Å²) in [5, 5.41) is 13.5. The fourth-order valence-corrected chi connectivity index (χ4v) is 5.88. The van der Waals surface area contributed by atoms with E-state index in [-0.39, 0.29) is 17.4 Å². The van der Waals surface area contributed by atoms with Crippen molar-refractivity contribution in [1.82, 2.24) is 15.3 Å². The van der Waals surface area contributed by atoms with Gasteiger partial charge < -0.3 is 29.6 Å². The smallest absolute Gasteiger partial charge is 0.230 e. The standard InChI is InChI=1S/C25H32N4O5S/c1-15-27-20(17-4-5-22(33-2)23(9-17)34-3)10-21(28-15)19-12-29-7-6-16(19)8-18(29)11-26-24(30)13-35-14-25(31)32/h4-5,9-10,16,18-19H,6-8,11-14H2,1-3H3,(H,26,30)(H,31,32)/t16-,18+,19-/m0/s1. The van der Waals surface area contributed by atoms with E-state index in [9.17, 15) is 14.7 Å². The van der Waals surface area contributed by atoms with E-state index in [0.29, 0.717) is 35.9 Å². The zero-order valence-electron chi connectivity index (χ0n) is 20.3. The van der Waals surface area contributed by atoms with Gasteiger partial charge in [0.25, 0.3) is 0 Å². The van der Waals surface area contributed by atoms with Gasteiger partial charge in [-0.2, -0.15) is 0 Å². The Morgan fingerprint density at radius 1 is 1.17 bits per heavy atom. The summed E-state index contributed by atoms with van der Waals surface area (Å²) in [5.41, 5.74) is 2.91. The van der Waals surface area contributed by atoms with Gasteiger partial charge in [0, 0.05) is 24.2 Å². The molecule has 0 aliphatic carbocycles. The number of quaternary nitrogens is 1. The first-order chi connectivity index (χ1) is 16.9. The summed E-state index contributed by atoms with van der Waals surface area (Å²) in [4.78, 5) is 33.6. The Balaban J connectivity index is 1.43. The van der Waals surface area contributed by atoms with Crippen LogP contribution < -0.4 is 24.8 Å². The summed E-state index contributed by atoms with van der Waals surface area (Å²) >= 11 is 1.06. The summed E-state index contributed by atoms with van der Waals surface area (Å²) in [5.74, 6) is 1.65. The Morgan fingerprint density at radius 3 is 2.66 bits per heavy atom. The summed E-state index contributed by atoms with van der Waals surface area (Å²) in [6, 6.07) is 8.29. The molecule has 5 rings (SSSR count). The lowest BCUT2D eigenvalue weighted by molar-refractivity contribution is -0.942. The highest BCUT2D eigenvalue weighted by atomic mass is 32.2. The molecule has 3 aliphatic rings. The van der Waals surface area contributed by atoms with Crippen molar-refractivity contribution in [3.05, 3.63) is 35.8 Å². The van der Waals surface area contributed by atoms with Gasteiger partial charge in [-0.3, -0.25) is 4.79 Å². The van der Waals surface area contributed by atoms with Gasteiger partial charge in [-0.1, -0.05) is 0 Å². The molecule has 0 saturated carbocycles. The van der Waals surface area contributed by atoms with Crippen molar-refractivity contribution in [1.29, 1.82) is 0 Å². The molecule has 4 atom stereocenters. The third kappa shape index (κ3) is 6.05. The number of rotatable bonds is 10. The number of nitrogens with zero attached hydrogens (tertiary/aromatic N) is 2. The number of carbonyl (C=O) groups is 2. The largest absolute Gasteiger partial charge is 0.549 e. The summed E-state index contributed by atoms with van der Waals surface area (Å²) in [6.45, 7) is 4.61. The Labute approximate surface area is 209 Å². The lowest BCUT2D eigenvalue weighted by Gasteiger charge is -2.46. The molecule has 1 aromatic carbocycles. The topological polar surface area (TPSA) is 118 Å². The van der Waals surface area contributed by atoms with E-state index in [1.165, 1.54) is 4.90 Å². The van der Waals surface area contributed by atoms with E-state index < -0.39 is 5.97 Å². The van der Waals surface area contributed by atoms with Crippen LogP contribution in [0.1, 0.15) is 30.3 Å². The van der Waals surface area contributed by atoms with Crippen LogP contribution in [-0.4, -0.2) is 73.2 Å². The van der Waals surface area contributed by atoms with Crippen LogP contribution >= 0.6 is 11.8 Å². The number of carbonyl (C=O) groups excluding carboxylic acids is 2. The maximum absolute atomic E-state index is 12.1. The number of benzene rings is 1. The average molecular weight is 501 g/mol. The number of aromatic nitrogens is 2. The van der Waals surface area contributed by atoms with Crippen LogP contribution in [0.25, 0.3) is 11.3 Å². The number of ether oxygens (including phenoxy) is 2. The molecule has 2 bridgehead atoms. The summed E-state index contributed by atoms with van der Waals surface area (Å²) in [7, 11) is 3.24. The Bertz CT molecular complexity index is 1080. The van der Waals surface area contributed by atoms with Crippen LogP contribution in [0.15, 0.2) is 24.3 Å². The number of hydrogen-bond acceptors (Lipinski definition) is 8. The van der Waals surface area contributed by atoms with E-state index in [4.69, 9.17) is 14.5 Å². The SMILES string of the molecule is COc1ccc(-c2cc([C@H]3C[NH+]4CC[C@H]3C[C@@H]4CNC(=O)CSCC(=O)[O-])nc(C)n2)cc1OC. The number of carboxylic acid groups (broad SMARTS) is 1. The lowest BCUT2D eigenvalue weighted by Crippen LogP contribution is -3.20. The molecule has 2 aromatic rings. The number of thioether (sulfide) groups is 1. The average Bonchev–Trinajstić information content (AvgIpc) is 2.86. The minimum atomic E-state index is -1.15. The van der Waals surface area contributed by atoms with Gasteiger partial charge in [0.1, 0.15) is 11.9 Å². The number of methoxy groups -OCH3 is 2. The molecule has 1 aromatic heterocycles. The fraction of sp³-hybridized carbons (Fsp3) is 0.520. The molecule has 188 valence electrons. The van der Waals surface area contributed by atoms with Crippen LogP contribution in [0, 0.1) is 12.8 Å². The van der Waals surface area contributed by atoms with Crippen LogP contribution in [-0.2, 0) is 9.59 Å². The molecule has 10 heteroatoms. The number of carboxylic acids is 1. The second-order valence-electron chi connectivity index (χ2n) is 9.16. The number of piperidine rings is 3. The lowest BCUT2D eigenvalue weighted by atomic mass is 9.74. The Hall–Kier alpha value is -2.85. The Morgan fingerprint density at radius 2 is 1.97 bits per heavy atom. The fourth-order valence-electron chi connectivity index (χ4n) is 5.32. The van der Waals surface area contributed by atoms with Gasteiger partial charge >= 0.3 is 0 Å². The number of fused-ring (bicyclic) bond motifs is 3. The molecule has 3 fully saturated rings. The first-order valence-corrected chi connectivity index (χ1v) is 13.0. The third-order valence-corrected chi connectivity index (χ3v) is 7.87. The molecule has 2 N–H and O–H groups in total. The van der Waals surface area contributed by atoms with Gasteiger partial charge in [-0.25, -0.2) is 9.97 Å². The number of aliphatic carboxylic acids is 1. The van der Waals surface area contributed by atoms with E-state index in [2.05, 4.69) is 16.4 Å². The highest BCUT2D eigenvalue weighted by Gasteiger charge is 2.44. The van der Waals surface area contributed by atoms with Crippen LogP contribution in [0.5, 0.6) is 11.5 Å². The van der Waals surface area contributed by atoms with Crippen molar-refractivity contribution in [2.45, 2.75) is 31.7 Å². The zero-order chi connectivity index (χ0) is 24.9. The highest BCUT2D eigenvalue weighted by molar-refractivity contribution is 8.00. The molecule has 3 aliphatic heterocycles. The predicted molar refractivity (Wildman–Crippen MR) is 131 cm³/mol. The molecule has 3 saturated heterocycles. The van der Waals surface area contributed by atoms with Crippen molar-refractivity contribution < 1.29 is 29.1 Å². The van der Waals surface area contributed by atoms with Crippen molar-refractivity contribution in [3.63, 3.8) is 0 Å². The maximum atomic E-state index is 12.1. The maximum Gasteiger partial charge on any atom is 0.230 e. The molecular formula is C25H32N4O5S. The van der Waals surface area contributed by atoms with E-state index in [0.717, 1.165) is 60.5 Å². The van der Waals surface area contributed by atoms with Crippen molar-refractivity contribution >= 4 is 23.6 Å². The monoisotopic (exact) mass is 500 g/mol. The van der Waals surface area contributed by atoms with Gasteiger partial charge in [-0.15, -0.1) is 11.8 Å². The highest BCUT2D eigenvalue weighted by Crippen LogP contribution is 2.36. The molecule has 1 unspecified atom stereocenters. The number of aryl methyl sites for hydroxylation is 1. The second kappa shape index (κ2) is 11.3. The minimum absolute atomic E-state index is 0.124. The zero-order valence-corrected chi connectivity index (χ0v) is 21.2. The van der Waals surface area contributed by atoms with Gasteiger partial charge in [0.2, 0.25) is 5.91 Å².